The number of nitrogens with two attached hydrogens (primary N) is 1. The Morgan fingerprint density at radius 1 is 1.33 bits per heavy atom. The van der Waals surface area contributed by atoms with Crippen LogP contribution in [0.15, 0.2) is 29.2 Å². The normalized spacial score (nSPS) is 11.1. The average molecular weight is 268 g/mol. The molecule has 98 valence electrons. The lowest BCUT2D eigenvalue weighted by Crippen LogP contribution is -2.14. The third-order valence-corrected chi connectivity index (χ3v) is 3.99. The van der Waals surface area contributed by atoms with Crippen LogP contribution in [-0.2, 0) is 14.6 Å². The lowest BCUT2D eigenvalue weighted by atomic mass is 10.2. The maximum atomic E-state index is 11.9. The molecule has 0 saturated heterocycles. The molecule has 0 radical (unpaired) electrons. The number of nitrogens with zero attached hydrogens (tertiary/aromatic N) is 1. The van der Waals surface area contributed by atoms with Gasteiger partial charge in [0.2, 0.25) is 0 Å². The average Bonchev–Trinajstić information content (AvgIpc) is 2.38. The third-order valence-electron chi connectivity index (χ3n) is 2.31. The van der Waals surface area contributed by atoms with Crippen molar-refractivity contribution in [3.8, 4) is 6.07 Å². The SMILES string of the molecule is N#Cc1cccc(S(=O)(=O)CCOCCCN)c1. The van der Waals surface area contributed by atoms with E-state index in [2.05, 4.69) is 0 Å². The number of sulfone groups is 1. The summed E-state index contributed by atoms with van der Waals surface area (Å²) in [5, 5.41) is 8.72. The Labute approximate surface area is 107 Å². The van der Waals surface area contributed by atoms with Crippen LogP contribution in [0.4, 0.5) is 0 Å². The van der Waals surface area contributed by atoms with Crippen molar-refractivity contribution in [2.24, 2.45) is 5.73 Å². The smallest absolute Gasteiger partial charge is 0.180 e. The van der Waals surface area contributed by atoms with Crippen LogP contribution in [0.25, 0.3) is 0 Å². The van der Waals surface area contributed by atoms with Gasteiger partial charge in [0.15, 0.2) is 9.84 Å². The first-order valence-electron chi connectivity index (χ1n) is 5.61. The Kier molecular flexibility index (Phi) is 5.78. The van der Waals surface area contributed by atoms with E-state index in [1.807, 2.05) is 6.07 Å². The van der Waals surface area contributed by atoms with Crippen LogP contribution in [0, 0.1) is 11.3 Å². The molecule has 1 aromatic carbocycles. The zero-order chi connectivity index (χ0) is 13.4. The van der Waals surface area contributed by atoms with Crippen LogP contribution in [0.1, 0.15) is 12.0 Å². The van der Waals surface area contributed by atoms with Gasteiger partial charge in [0, 0.05) is 6.61 Å². The minimum absolute atomic E-state index is 0.0908. The molecule has 0 atom stereocenters. The molecule has 1 rings (SSSR count). The van der Waals surface area contributed by atoms with Crippen LogP contribution in [0.3, 0.4) is 0 Å². The fourth-order valence-electron chi connectivity index (χ4n) is 1.33. The highest BCUT2D eigenvalue weighted by molar-refractivity contribution is 7.91. The van der Waals surface area contributed by atoms with E-state index in [-0.39, 0.29) is 17.3 Å². The van der Waals surface area contributed by atoms with Crippen LogP contribution < -0.4 is 5.73 Å². The first-order valence-corrected chi connectivity index (χ1v) is 7.26. The number of hydrogen-bond donors (Lipinski definition) is 1. The van der Waals surface area contributed by atoms with E-state index < -0.39 is 9.84 Å². The predicted molar refractivity (Wildman–Crippen MR) is 67.7 cm³/mol. The molecular weight excluding hydrogens is 252 g/mol. The third kappa shape index (κ3) is 4.45. The summed E-state index contributed by atoms with van der Waals surface area (Å²) in [7, 11) is -3.39. The Bertz CT molecular complexity index is 520. The summed E-state index contributed by atoms with van der Waals surface area (Å²) in [6.07, 6.45) is 0.712. The Morgan fingerprint density at radius 2 is 2.11 bits per heavy atom. The van der Waals surface area contributed by atoms with Gasteiger partial charge >= 0.3 is 0 Å². The van der Waals surface area contributed by atoms with E-state index >= 15 is 0 Å². The second-order valence-corrected chi connectivity index (χ2v) is 5.82. The minimum atomic E-state index is -3.39. The van der Waals surface area contributed by atoms with Crippen LogP contribution in [-0.4, -0.2) is 33.9 Å². The number of nitriles is 1. The van der Waals surface area contributed by atoms with Crippen LogP contribution >= 0.6 is 0 Å². The van der Waals surface area contributed by atoms with Crippen molar-refractivity contribution in [1.82, 2.24) is 0 Å². The number of hydrogen-bond acceptors (Lipinski definition) is 5. The monoisotopic (exact) mass is 268 g/mol. The van der Waals surface area contributed by atoms with Crippen LogP contribution in [0.2, 0.25) is 0 Å². The second kappa shape index (κ2) is 7.11. The van der Waals surface area contributed by atoms with Crippen molar-refractivity contribution >= 4 is 9.84 Å². The summed E-state index contributed by atoms with van der Waals surface area (Å²) < 4.78 is 29.0. The first-order chi connectivity index (χ1) is 8.60. The summed E-state index contributed by atoms with van der Waals surface area (Å²) in [5.74, 6) is -0.0908. The molecule has 0 bridgehead atoms. The van der Waals surface area contributed by atoms with Gasteiger partial charge in [-0.05, 0) is 31.2 Å². The molecule has 5 nitrogen and oxygen atoms in total. The fraction of sp³-hybridized carbons (Fsp3) is 0.417. The number of benzene rings is 1. The highest BCUT2D eigenvalue weighted by Gasteiger charge is 2.14. The second-order valence-electron chi connectivity index (χ2n) is 3.71. The van der Waals surface area contributed by atoms with Gasteiger partial charge in [-0.3, -0.25) is 0 Å². The van der Waals surface area contributed by atoms with E-state index in [0.29, 0.717) is 25.1 Å². The van der Waals surface area contributed by atoms with Crippen LogP contribution in [0.5, 0.6) is 0 Å². The zero-order valence-corrected chi connectivity index (χ0v) is 10.8. The molecule has 0 saturated carbocycles. The summed E-state index contributed by atoms with van der Waals surface area (Å²) >= 11 is 0. The molecule has 0 amide bonds. The summed E-state index contributed by atoms with van der Waals surface area (Å²) in [6, 6.07) is 7.89. The van der Waals surface area contributed by atoms with Gasteiger partial charge in [0.25, 0.3) is 0 Å². The summed E-state index contributed by atoms with van der Waals surface area (Å²) in [6.45, 7) is 1.13. The predicted octanol–water partition coefficient (Wildman–Crippen LogP) is 0.697. The van der Waals surface area contributed by atoms with E-state index in [9.17, 15) is 8.42 Å². The van der Waals surface area contributed by atoms with Crippen molar-refractivity contribution < 1.29 is 13.2 Å². The molecular formula is C12H16N2O3S. The summed E-state index contributed by atoms with van der Waals surface area (Å²) in [4.78, 5) is 0.156. The lowest BCUT2D eigenvalue weighted by Gasteiger charge is -2.05. The zero-order valence-electron chi connectivity index (χ0n) is 10.0. The van der Waals surface area contributed by atoms with Gasteiger partial charge in [0.05, 0.1) is 28.9 Å². The molecule has 0 heterocycles. The molecule has 0 aliphatic carbocycles. The molecule has 0 unspecified atom stereocenters. The van der Waals surface area contributed by atoms with E-state index in [0.717, 1.165) is 0 Å². The molecule has 0 aliphatic rings. The maximum Gasteiger partial charge on any atom is 0.180 e. The molecule has 0 aliphatic heterocycles. The largest absolute Gasteiger partial charge is 0.380 e. The number of rotatable bonds is 7. The van der Waals surface area contributed by atoms with E-state index in [4.69, 9.17) is 15.7 Å². The van der Waals surface area contributed by atoms with Crippen molar-refractivity contribution in [3.63, 3.8) is 0 Å². The van der Waals surface area contributed by atoms with Crippen molar-refractivity contribution in [2.75, 3.05) is 25.5 Å². The topological polar surface area (TPSA) is 93.2 Å². The molecule has 0 fully saturated rings. The maximum absolute atomic E-state index is 11.9. The molecule has 2 N–H and O–H groups in total. The molecule has 6 heteroatoms. The lowest BCUT2D eigenvalue weighted by molar-refractivity contribution is 0.148. The highest BCUT2D eigenvalue weighted by Crippen LogP contribution is 2.12. The molecule has 18 heavy (non-hydrogen) atoms. The summed E-state index contributed by atoms with van der Waals surface area (Å²) in [5.41, 5.74) is 5.62. The molecule has 1 aromatic rings. The van der Waals surface area contributed by atoms with Gasteiger partial charge in [-0.2, -0.15) is 5.26 Å². The standard InChI is InChI=1S/C12H16N2O3S/c13-5-2-6-17-7-8-18(15,16)12-4-1-3-11(9-12)10-14/h1,3-4,9H,2,5-8,13H2. The Morgan fingerprint density at radius 3 is 2.78 bits per heavy atom. The van der Waals surface area contributed by atoms with Crippen molar-refractivity contribution in [2.45, 2.75) is 11.3 Å². The van der Waals surface area contributed by atoms with E-state index in [1.165, 1.54) is 12.1 Å². The Hall–Kier alpha value is -1.42. The Balaban J connectivity index is 2.60. The van der Waals surface area contributed by atoms with Gasteiger partial charge in [-0.1, -0.05) is 6.07 Å². The minimum Gasteiger partial charge on any atom is -0.380 e. The van der Waals surface area contributed by atoms with Crippen molar-refractivity contribution in [1.29, 1.82) is 5.26 Å². The van der Waals surface area contributed by atoms with E-state index in [1.54, 1.807) is 12.1 Å². The molecule has 0 spiro atoms. The quantitative estimate of drug-likeness (QED) is 0.735. The fourth-order valence-corrected chi connectivity index (χ4v) is 2.50. The highest BCUT2D eigenvalue weighted by atomic mass is 32.2. The first kappa shape index (κ1) is 14.6. The van der Waals surface area contributed by atoms with Crippen molar-refractivity contribution in [3.05, 3.63) is 29.8 Å². The van der Waals surface area contributed by atoms with Gasteiger partial charge in [-0.25, -0.2) is 8.42 Å². The number of ether oxygens (including phenoxy) is 1. The van der Waals surface area contributed by atoms with Gasteiger partial charge < -0.3 is 10.5 Å². The van der Waals surface area contributed by atoms with Gasteiger partial charge in [0.1, 0.15) is 0 Å². The van der Waals surface area contributed by atoms with Gasteiger partial charge in [-0.15, -0.1) is 0 Å². The molecule has 0 aromatic heterocycles.